The molecule has 7 nitrogen and oxygen atoms in total. The molecule has 1 amide bonds. The second-order valence-electron chi connectivity index (χ2n) is 6.08. The van der Waals surface area contributed by atoms with Crippen LogP contribution in [-0.4, -0.2) is 73.0 Å². The third-order valence-electron chi connectivity index (χ3n) is 4.57. The summed E-state index contributed by atoms with van der Waals surface area (Å²) < 4.78 is 28.2. The fourth-order valence-electron chi connectivity index (χ4n) is 3.30. The van der Waals surface area contributed by atoms with Gasteiger partial charge in [-0.3, -0.25) is 9.69 Å². The van der Waals surface area contributed by atoms with E-state index in [-0.39, 0.29) is 23.5 Å². The minimum Gasteiger partial charge on any atom is -0.361 e. The van der Waals surface area contributed by atoms with E-state index in [9.17, 15) is 13.2 Å². The Bertz CT molecular complexity index is 655. The molecule has 3 heterocycles. The quantitative estimate of drug-likeness (QED) is 0.773. The fourth-order valence-corrected chi connectivity index (χ4v) is 5.06. The summed E-state index contributed by atoms with van der Waals surface area (Å²) in [4.78, 5) is 16.5. The lowest BCUT2D eigenvalue weighted by molar-refractivity contribution is 0.0585. The Morgan fingerprint density at radius 1 is 1.23 bits per heavy atom. The summed E-state index contributed by atoms with van der Waals surface area (Å²) in [6.07, 6.45) is 0.708. The van der Waals surface area contributed by atoms with Crippen LogP contribution in [0.2, 0.25) is 0 Å². The van der Waals surface area contributed by atoms with Crippen LogP contribution in [0.5, 0.6) is 0 Å². The highest BCUT2D eigenvalue weighted by atomic mass is 32.2. The minimum atomic E-state index is -2.86. The Kier molecular flexibility index (Phi) is 3.98. The molecule has 0 N–H and O–H groups in total. The van der Waals surface area contributed by atoms with Crippen molar-refractivity contribution < 1.29 is 17.7 Å². The molecule has 0 spiro atoms. The lowest BCUT2D eigenvalue weighted by Crippen LogP contribution is -2.52. The molecule has 2 aliphatic heterocycles. The third kappa shape index (κ3) is 2.89. The molecule has 22 heavy (non-hydrogen) atoms. The molecule has 2 saturated heterocycles. The monoisotopic (exact) mass is 327 g/mol. The molecule has 1 aromatic rings. The Balaban J connectivity index is 1.61. The topological polar surface area (TPSA) is 83.7 Å². The number of sulfone groups is 1. The number of aryl methyl sites for hydroxylation is 2. The molecule has 1 unspecified atom stereocenters. The first-order valence-electron chi connectivity index (χ1n) is 7.54. The van der Waals surface area contributed by atoms with Crippen LogP contribution in [0.4, 0.5) is 0 Å². The van der Waals surface area contributed by atoms with E-state index in [1.807, 2.05) is 0 Å². The van der Waals surface area contributed by atoms with Crippen molar-refractivity contribution in [3.8, 4) is 0 Å². The van der Waals surface area contributed by atoms with Crippen molar-refractivity contribution in [3.05, 3.63) is 17.0 Å². The summed E-state index contributed by atoms with van der Waals surface area (Å²) in [7, 11) is -2.86. The summed E-state index contributed by atoms with van der Waals surface area (Å²) in [5.74, 6) is 1.04. The van der Waals surface area contributed by atoms with Crippen LogP contribution in [-0.2, 0) is 9.84 Å². The minimum absolute atomic E-state index is 0.0463. The average Bonchev–Trinajstić information content (AvgIpc) is 3.01. The number of carbonyl (C=O) groups excluding carboxylic acids is 1. The Labute approximate surface area is 130 Å². The lowest BCUT2D eigenvalue weighted by Gasteiger charge is -2.37. The van der Waals surface area contributed by atoms with Crippen molar-refractivity contribution >= 4 is 15.7 Å². The molecule has 1 atom stereocenters. The maximum atomic E-state index is 12.5. The predicted octanol–water partition coefficient (Wildman–Crippen LogP) is 0.236. The lowest BCUT2D eigenvalue weighted by atomic mass is 10.1. The molecule has 3 rings (SSSR count). The van der Waals surface area contributed by atoms with Gasteiger partial charge in [-0.2, -0.15) is 0 Å². The molecule has 1 aromatic heterocycles. The zero-order chi connectivity index (χ0) is 15.9. The normalized spacial score (nSPS) is 25.5. The first-order chi connectivity index (χ1) is 10.4. The van der Waals surface area contributed by atoms with Gasteiger partial charge in [0.1, 0.15) is 11.3 Å². The zero-order valence-electron chi connectivity index (χ0n) is 12.9. The maximum Gasteiger partial charge on any atom is 0.259 e. The highest BCUT2D eigenvalue weighted by Gasteiger charge is 2.35. The molecule has 2 aliphatic rings. The summed E-state index contributed by atoms with van der Waals surface area (Å²) in [6.45, 7) is 6.17. The SMILES string of the molecule is Cc1noc(C)c1C(=O)N1CCN(C2CCS(=O)(=O)C2)CC1. The van der Waals surface area contributed by atoms with E-state index >= 15 is 0 Å². The molecule has 8 heteroatoms. The van der Waals surface area contributed by atoms with E-state index in [4.69, 9.17) is 4.52 Å². The van der Waals surface area contributed by atoms with Gasteiger partial charge in [0.05, 0.1) is 17.2 Å². The highest BCUT2D eigenvalue weighted by Crippen LogP contribution is 2.21. The van der Waals surface area contributed by atoms with Crippen LogP contribution in [0.15, 0.2) is 4.52 Å². The van der Waals surface area contributed by atoms with E-state index < -0.39 is 9.84 Å². The molecule has 0 aliphatic carbocycles. The Hall–Kier alpha value is -1.41. The second kappa shape index (κ2) is 5.66. The van der Waals surface area contributed by atoms with Gasteiger partial charge in [0.25, 0.3) is 5.91 Å². The number of rotatable bonds is 2. The van der Waals surface area contributed by atoms with Crippen LogP contribution >= 0.6 is 0 Å². The van der Waals surface area contributed by atoms with Gasteiger partial charge in [-0.05, 0) is 20.3 Å². The van der Waals surface area contributed by atoms with E-state index in [2.05, 4.69) is 10.1 Å². The van der Waals surface area contributed by atoms with Crippen LogP contribution < -0.4 is 0 Å². The smallest absolute Gasteiger partial charge is 0.259 e. The molecular weight excluding hydrogens is 306 g/mol. The van der Waals surface area contributed by atoms with E-state index in [1.54, 1.807) is 18.7 Å². The van der Waals surface area contributed by atoms with Crippen molar-refractivity contribution in [3.63, 3.8) is 0 Å². The van der Waals surface area contributed by atoms with Crippen LogP contribution in [0.1, 0.15) is 28.2 Å². The van der Waals surface area contributed by atoms with Gasteiger partial charge < -0.3 is 9.42 Å². The molecule has 0 aromatic carbocycles. The van der Waals surface area contributed by atoms with Crippen molar-refractivity contribution in [2.24, 2.45) is 0 Å². The van der Waals surface area contributed by atoms with Gasteiger partial charge in [-0.15, -0.1) is 0 Å². The second-order valence-corrected chi connectivity index (χ2v) is 8.31. The molecule has 0 bridgehead atoms. The number of hydrogen-bond acceptors (Lipinski definition) is 6. The van der Waals surface area contributed by atoms with Gasteiger partial charge in [-0.25, -0.2) is 8.42 Å². The van der Waals surface area contributed by atoms with Crippen LogP contribution in [0.3, 0.4) is 0 Å². The first-order valence-corrected chi connectivity index (χ1v) is 9.36. The summed E-state index contributed by atoms with van der Waals surface area (Å²) in [5, 5.41) is 3.83. The first kappa shape index (κ1) is 15.5. The fraction of sp³-hybridized carbons (Fsp3) is 0.714. The summed E-state index contributed by atoms with van der Waals surface area (Å²) in [5.41, 5.74) is 1.17. The number of nitrogens with zero attached hydrogens (tertiary/aromatic N) is 3. The van der Waals surface area contributed by atoms with Crippen molar-refractivity contribution in [2.75, 3.05) is 37.7 Å². The van der Waals surface area contributed by atoms with Crippen molar-refractivity contribution in [2.45, 2.75) is 26.3 Å². The van der Waals surface area contributed by atoms with Crippen molar-refractivity contribution in [1.29, 1.82) is 0 Å². The van der Waals surface area contributed by atoms with Gasteiger partial charge in [0, 0.05) is 32.2 Å². The van der Waals surface area contributed by atoms with Gasteiger partial charge in [0.15, 0.2) is 9.84 Å². The summed E-state index contributed by atoms with van der Waals surface area (Å²) in [6, 6.07) is 0.112. The standard InChI is InChI=1S/C14H21N3O4S/c1-10-13(11(2)21-15-10)14(18)17-6-4-16(5-7-17)12-3-8-22(19,20)9-12/h12H,3-9H2,1-2H3. The Morgan fingerprint density at radius 3 is 2.41 bits per heavy atom. The predicted molar refractivity (Wildman–Crippen MR) is 80.5 cm³/mol. The zero-order valence-corrected chi connectivity index (χ0v) is 13.7. The number of hydrogen-bond donors (Lipinski definition) is 0. The number of amides is 1. The Morgan fingerprint density at radius 2 is 1.91 bits per heavy atom. The number of aromatic nitrogens is 1. The molecule has 0 radical (unpaired) electrons. The van der Waals surface area contributed by atoms with Gasteiger partial charge in [-0.1, -0.05) is 5.16 Å². The molecule has 122 valence electrons. The number of carbonyl (C=O) groups is 1. The van der Waals surface area contributed by atoms with Crippen LogP contribution in [0.25, 0.3) is 0 Å². The summed E-state index contributed by atoms with van der Waals surface area (Å²) >= 11 is 0. The molecular formula is C14H21N3O4S. The van der Waals surface area contributed by atoms with E-state index in [0.717, 1.165) is 13.1 Å². The number of piperazine rings is 1. The van der Waals surface area contributed by atoms with Gasteiger partial charge >= 0.3 is 0 Å². The van der Waals surface area contributed by atoms with Crippen molar-refractivity contribution in [1.82, 2.24) is 15.0 Å². The highest BCUT2D eigenvalue weighted by molar-refractivity contribution is 7.91. The van der Waals surface area contributed by atoms with E-state index in [0.29, 0.717) is 36.5 Å². The van der Waals surface area contributed by atoms with E-state index in [1.165, 1.54) is 0 Å². The molecule has 0 saturated carbocycles. The molecule has 2 fully saturated rings. The largest absolute Gasteiger partial charge is 0.361 e. The third-order valence-corrected chi connectivity index (χ3v) is 6.32. The van der Waals surface area contributed by atoms with Crippen LogP contribution in [0, 0.1) is 13.8 Å². The maximum absolute atomic E-state index is 12.5. The average molecular weight is 327 g/mol. The van der Waals surface area contributed by atoms with Gasteiger partial charge in [0.2, 0.25) is 0 Å².